The summed E-state index contributed by atoms with van der Waals surface area (Å²) in [6, 6.07) is -0.0149. The van der Waals surface area contributed by atoms with Gasteiger partial charge in [-0.2, -0.15) is 13.9 Å². The van der Waals surface area contributed by atoms with E-state index in [2.05, 4.69) is 5.10 Å². The molecule has 1 heterocycles. The molecule has 5 nitrogen and oxygen atoms in total. The molecular weight excluding hydrogens is 292 g/mol. The molecule has 22 heavy (non-hydrogen) atoms. The molecule has 0 atom stereocenters. The molecule has 0 spiro atoms. The number of amides is 1. The highest BCUT2D eigenvalue weighted by atomic mass is 19.3. The van der Waals surface area contributed by atoms with Crippen LogP contribution in [0, 0.1) is 0 Å². The van der Waals surface area contributed by atoms with Crippen LogP contribution in [0.2, 0.25) is 0 Å². The SMILES string of the molecule is CC(C)(C)N(C(=O)O)C1CCC(c2cnn(C(F)F)c2)CC1. The number of hydrogen-bond donors (Lipinski definition) is 1. The molecule has 0 aliphatic heterocycles. The summed E-state index contributed by atoms with van der Waals surface area (Å²) in [6.07, 6.45) is 5.06. The molecule has 1 aromatic rings. The number of rotatable bonds is 3. The Kier molecular flexibility index (Phi) is 4.72. The van der Waals surface area contributed by atoms with Gasteiger partial charge < -0.3 is 10.0 Å². The summed E-state index contributed by atoms with van der Waals surface area (Å²) < 4.78 is 25.8. The zero-order valence-corrected chi connectivity index (χ0v) is 13.2. The van der Waals surface area contributed by atoms with Gasteiger partial charge in [-0.1, -0.05) is 0 Å². The number of carbonyl (C=O) groups is 1. The van der Waals surface area contributed by atoms with Crippen molar-refractivity contribution < 1.29 is 18.7 Å². The van der Waals surface area contributed by atoms with Crippen molar-refractivity contribution in [1.29, 1.82) is 0 Å². The monoisotopic (exact) mass is 315 g/mol. The van der Waals surface area contributed by atoms with Gasteiger partial charge in [0.1, 0.15) is 0 Å². The van der Waals surface area contributed by atoms with E-state index in [-0.39, 0.29) is 12.0 Å². The zero-order chi connectivity index (χ0) is 16.5. The minimum atomic E-state index is -2.62. The molecule has 1 aliphatic carbocycles. The summed E-state index contributed by atoms with van der Waals surface area (Å²) in [6.45, 7) is 3.05. The van der Waals surface area contributed by atoms with Crippen LogP contribution in [0.15, 0.2) is 12.4 Å². The lowest BCUT2D eigenvalue weighted by Gasteiger charge is -2.42. The number of alkyl halides is 2. The Bertz CT molecular complexity index is 517. The van der Waals surface area contributed by atoms with Crippen molar-refractivity contribution in [3.63, 3.8) is 0 Å². The largest absolute Gasteiger partial charge is 0.465 e. The Hall–Kier alpha value is -1.66. The van der Waals surface area contributed by atoms with Crippen molar-refractivity contribution in [2.45, 2.75) is 70.5 Å². The van der Waals surface area contributed by atoms with Crippen molar-refractivity contribution in [3.8, 4) is 0 Å². The van der Waals surface area contributed by atoms with Gasteiger partial charge in [-0.25, -0.2) is 9.48 Å². The maximum Gasteiger partial charge on any atom is 0.407 e. The number of aromatic nitrogens is 2. The van der Waals surface area contributed by atoms with Crippen LogP contribution < -0.4 is 0 Å². The lowest BCUT2D eigenvalue weighted by molar-refractivity contribution is 0.0533. The van der Waals surface area contributed by atoms with E-state index in [1.165, 1.54) is 17.3 Å². The molecule has 0 bridgehead atoms. The van der Waals surface area contributed by atoms with Crippen LogP contribution in [-0.2, 0) is 0 Å². The third-order valence-corrected chi connectivity index (χ3v) is 4.28. The second-order valence-electron chi connectivity index (χ2n) is 6.86. The average Bonchev–Trinajstić information content (AvgIpc) is 2.87. The van der Waals surface area contributed by atoms with Crippen molar-refractivity contribution in [2.24, 2.45) is 0 Å². The molecule has 1 saturated carbocycles. The zero-order valence-electron chi connectivity index (χ0n) is 13.2. The first-order chi connectivity index (χ1) is 10.2. The van der Waals surface area contributed by atoms with Crippen molar-refractivity contribution >= 4 is 6.09 Å². The summed E-state index contributed by atoms with van der Waals surface area (Å²) in [5.74, 6) is 0.180. The summed E-state index contributed by atoms with van der Waals surface area (Å²) in [7, 11) is 0. The quantitative estimate of drug-likeness (QED) is 0.914. The van der Waals surface area contributed by atoms with E-state index in [4.69, 9.17) is 0 Å². The molecule has 7 heteroatoms. The number of carboxylic acid groups (broad SMARTS) is 1. The first kappa shape index (κ1) is 16.7. The maximum atomic E-state index is 12.6. The van der Waals surface area contributed by atoms with Gasteiger partial charge >= 0.3 is 12.6 Å². The highest BCUT2D eigenvalue weighted by molar-refractivity contribution is 5.66. The Morgan fingerprint density at radius 3 is 2.36 bits per heavy atom. The fourth-order valence-corrected chi connectivity index (χ4v) is 3.33. The van der Waals surface area contributed by atoms with E-state index >= 15 is 0 Å². The van der Waals surface area contributed by atoms with Crippen LogP contribution >= 0.6 is 0 Å². The standard InChI is InChI=1S/C15H23F2N3O2/c1-15(2,3)20(14(21)22)12-6-4-10(5-7-12)11-8-18-19(9-11)13(16)17/h8-10,12-13H,4-7H2,1-3H3,(H,21,22). The van der Waals surface area contributed by atoms with E-state index in [0.29, 0.717) is 4.68 Å². The van der Waals surface area contributed by atoms with Gasteiger partial charge in [0, 0.05) is 17.8 Å². The van der Waals surface area contributed by atoms with Gasteiger partial charge in [0.2, 0.25) is 0 Å². The fourth-order valence-electron chi connectivity index (χ4n) is 3.33. The predicted octanol–water partition coefficient (Wildman–Crippen LogP) is 4.08. The molecular formula is C15H23F2N3O2. The van der Waals surface area contributed by atoms with E-state index < -0.39 is 18.2 Å². The average molecular weight is 315 g/mol. The third-order valence-electron chi connectivity index (χ3n) is 4.28. The second-order valence-corrected chi connectivity index (χ2v) is 6.86. The molecule has 1 aliphatic rings. The fraction of sp³-hybridized carbons (Fsp3) is 0.733. The van der Waals surface area contributed by atoms with Gasteiger partial charge in [0.15, 0.2) is 0 Å². The minimum Gasteiger partial charge on any atom is -0.465 e. The number of nitrogens with zero attached hydrogens (tertiary/aromatic N) is 3. The highest BCUT2D eigenvalue weighted by Gasteiger charge is 2.36. The van der Waals surface area contributed by atoms with Crippen LogP contribution in [0.1, 0.15) is 64.5 Å². The predicted molar refractivity (Wildman–Crippen MR) is 78.1 cm³/mol. The lowest BCUT2D eigenvalue weighted by atomic mass is 9.81. The van der Waals surface area contributed by atoms with Crippen molar-refractivity contribution in [3.05, 3.63) is 18.0 Å². The molecule has 2 rings (SSSR count). The van der Waals surface area contributed by atoms with Crippen LogP contribution in [0.4, 0.5) is 13.6 Å². The van der Waals surface area contributed by atoms with Crippen LogP contribution in [0.3, 0.4) is 0 Å². The molecule has 1 aromatic heterocycles. The third kappa shape index (κ3) is 3.56. The minimum absolute atomic E-state index is 0.0149. The number of hydrogen-bond acceptors (Lipinski definition) is 2. The second kappa shape index (κ2) is 6.22. The van der Waals surface area contributed by atoms with Gasteiger partial charge in [-0.15, -0.1) is 0 Å². The van der Waals surface area contributed by atoms with E-state index in [1.807, 2.05) is 20.8 Å². The Morgan fingerprint density at radius 2 is 1.95 bits per heavy atom. The lowest BCUT2D eigenvalue weighted by Crippen LogP contribution is -2.52. The smallest absolute Gasteiger partial charge is 0.407 e. The van der Waals surface area contributed by atoms with Gasteiger partial charge in [-0.05, 0) is 57.9 Å². The molecule has 0 aromatic carbocycles. The Labute approximate surface area is 128 Å². The molecule has 0 radical (unpaired) electrons. The van der Waals surface area contributed by atoms with Crippen LogP contribution in [0.5, 0.6) is 0 Å². The molecule has 1 N–H and O–H groups in total. The van der Waals surface area contributed by atoms with Gasteiger partial charge in [-0.3, -0.25) is 0 Å². The molecule has 124 valence electrons. The first-order valence-electron chi connectivity index (χ1n) is 7.54. The van der Waals surface area contributed by atoms with Gasteiger partial charge in [0.25, 0.3) is 0 Å². The van der Waals surface area contributed by atoms with Crippen molar-refractivity contribution in [2.75, 3.05) is 0 Å². The molecule has 0 unspecified atom stereocenters. The summed E-state index contributed by atoms with van der Waals surface area (Å²) in [5, 5.41) is 13.1. The van der Waals surface area contributed by atoms with Gasteiger partial charge in [0.05, 0.1) is 6.20 Å². The molecule has 1 fully saturated rings. The molecule has 0 saturated heterocycles. The highest BCUT2D eigenvalue weighted by Crippen LogP contribution is 2.36. The topological polar surface area (TPSA) is 58.4 Å². The van der Waals surface area contributed by atoms with E-state index in [9.17, 15) is 18.7 Å². The van der Waals surface area contributed by atoms with Crippen LogP contribution in [0.25, 0.3) is 0 Å². The summed E-state index contributed by atoms with van der Waals surface area (Å²) in [5.41, 5.74) is 0.376. The Morgan fingerprint density at radius 1 is 1.36 bits per heavy atom. The van der Waals surface area contributed by atoms with E-state index in [0.717, 1.165) is 31.2 Å². The van der Waals surface area contributed by atoms with Crippen LogP contribution in [-0.4, -0.2) is 37.5 Å². The summed E-state index contributed by atoms with van der Waals surface area (Å²) >= 11 is 0. The maximum absolute atomic E-state index is 12.6. The normalized spacial score (nSPS) is 22.8. The summed E-state index contributed by atoms with van der Waals surface area (Å²) in [4.78, 5) is 13.0. The van der Waals surface area contributed by atoms with E-state index in [1.54, 1.807) is 0 Å². The number of halogens is 2. The molecule has 1 amide bonds. The Balaban J connectivity index is 2.01. The first-order valence-corrected chi connectivity index (χ1v) is 7.54. The van der Waals surface area contributed by atoms with Crippen molar-refractivity contribution in [1.82, 2.24) is 14.7 Å².